The van der Waals surface area contributed by atoms with Crippen LogP contribution >= 0.6 is 0 Å². The van der Waals surface area contributed by atoms with Crippen molar-refractivity contribution in [3.63, 3.8) is 0 Å². The lowest BCUT2D eigenvalue weighted by atomic mass is 9.93. The number of carbonyl (C=O) groups excluding carboxylic acids is 1. The summed E-state index contributed by atoms with van der Waals surface area (Å²) in [5, 5.41) is 22.3. The van der Waals surface area contributed by atoms with Gasteiger partial charge in [-0.25, -0.2) is 9.78 Å². The number of aliphatic hydroxyl groups is 1. The normalized spacial score (nSPS) is 20.6. The lowest BCUT2D eigenvalue weighted by molar-refractivity contribution is 0.117. The van der Waals surface area contributed by atoms with E-state index in [0.717, 1.165) is 42.6 Å². The summed E-state index contributed by atoms with van der Waals surface area (Å²) in [4.78, 5) is 16.3. The highest BCUT2D eigenvalue weighted by atomic mass is 16.3. The van der Waals surface area contributed by atoms with Gasteiger partial charge in [0.25, 0.3) is 0 Å². The first-order chi connectivity index (χ1) is 11.6. The van der Waals surface area contributed by atoms with Crippen LogP contribution in [0.4, 0.5) is 4.79 Å². The topological polar surface area (TPSA) is 103 Å². The zero-order chi connectivity index (χ0) is 16.9. The molecular weight excluding hydrogens is 306 g/mol. The molecule has 1 aliphatic rings. The predicted octanol–water partition coefficient (Wildman–Crippen LogP) is 1.88. The van der Waals surface area contributed by atoms with Crippen molar-refractivity contribution in [2.45, 2.75) is 51.3 Å². The average Bonchev–Trinajstić information content (AvgIpc) is 3.02. The summed E-state index contributed by atoms with van der Waals surface area (Å²) in [6.45, 7) is 2.30. The number of hydrogen-bond acceptors (Lipinski definition) is 4. The molecule has 1 aliphatic carbocycles. The number of urea groups is 1. The molecule has 1 saturated carbocycles. The van der Waals surface area contributed by atoms with Crippen LogP contribution in [0.5, 0.6) is 0 Å². The van der Waals surface area contributed by atoms with Gasteiger partial charge in [-0.3, -0.25) is 5.10 Å². The third-order valence-corrected chi connectivity index (χ3v) is 4.27. The van der Waals surface area contributed by atoms with Crippen LogP contribution in [0.1, 0.15) is 37.1 Å². The number of carbonyl (C=O) groups is 1. The molecule has 0 saturated heterocycles. The molecule has 0 radical (unpaired) electrons. The smallest absolute Gasteiger partial charge is 0.315 e. The maximum Gasteiger partial charge on any atom is 0.315 e. The number of aromatic nitrogens is 3. The summed E-state index contributed by atoms with van der Waals surface area (Å²) in [5.74, 6) is 1.42. The number of nitrogens with one attached hydrogen (secondary N) is 3. The van der Waals surface area contributed by atoms with E-state index in [1.165, 1.54) is 0 Å². The molecule has 24 heavy (non-hydrogen) atoms. The van der Waals surface area contributed by atoms with Crippen LogP contribution in [0.25, 0.3) is 11.4 Å². The molecule has 7 heteroatoms. The van der Waals surface area contributed by atoms with Crippen molar-refractivity contribution >= 4 is 6.03 Å². The average molecular weight is 329 g/mol. The van der Waals surface area contributed by atoms with Crippen LogP contribution in [-0.2, 0) is 6.54 Å². The molecule has 4 N–H and O–H groups in total. The van der Waals surface area contributed by atoms with E-state index in [4.69, 9.17) is 0 Å². The summed E-state index contributed by atoms with van der Waals surface area (Å²) in [6.07, 6.45) is 2.95. The minimum atomic E-state index is -0.215. The molecule has 1 heterocycles. The molecule has 1 aromatic carbocycles. The molecule has 2 amide bonds. The number of H-pyrrole nitrogens is 1. The molecule has 0 unspecified atom stereocenters. The van der Waals surface area contributed by atoms with Gasteiger partial charge in [0, 0.05) is 18.2 Å². The zero-order valence-corrected chi connectivity index (χ0v) is 13.7. The second-order valence-electron chi connectivity index (χ2n) is 6.28. The van der Waals surface area contributed by atoms with Gasteiger partial charge < -0.3 is 15.7 Å². The monoisotopic (exact) mass is 329 g/mol. The Kier molecular flexibility index (Phi) is 5.10. The van der Waals surface area contributed by atoms with Crippen LogP contribution in [0.3, 0.4) is 0 Å². The molecule has 128 valence electrons. The fraction of sp³-hybridized carbons (Fsp3) is 0.471. The largest absolute Gasteiger partial charge is 0.393 e. The molecule has 3 rings (SSSR count). The van der Waals surface area contributed by atoms with Gasteiger partial charge in [-0.2, -0.15) is 5.10 Å². The molecule has 2 aromatic rings. The van der Waals surface area contributed by atoms with Crippen LogP contribution in [0.15, 0.2) is 24.3 Å². The summed E-state index contributed by atoms with van der Waals surface area (Å²) >= 11 is 0. The van der Waals surface area contributed by atoms with Crippen molar-refractivity contribution in [2.75, 3.05) is 0 Å². The maximum atomic E-state index is 12.0. The quantitative estimate of drug-likeness (QED) is 0.687. The van der Waals surface area contributed by atoms with E-state index in [2.05, 4.69) is 25.8 Å². The Morgan fingerprint density at radius 3 is 2.83 bits per heavy atom. The number of aromatic amines is 1. The second kappa shape index (κ2) is 7.44. The fourth-order valence-electron chi connectivity index (χ4n) is 2.93. The Morgan fingerprint density at radius 2 is 2.12 bits per heavy atom. The van der Waals surface area contributed by atoms with Crippen molar-refractivity contribution in [3.8, 4) is 11.4 Å². The van der Waals surface area contributed by atoms with Crippen molar-refractivity contribution < 1.29 is 9.90 Å². The van der Waals surface area contributed by atoms with E-state index >= 15 is 0 Å². The maximum absolute atomic E-state index is 12.0. The minimum Gasteiger partial charge on any atom is -0.393 e. The Bertz CT molecular complexity index is 692. The predicted molar refractivity (Wildman–Crippen MR) is 90.2 cm³/mol. The van der Waals surface area contributed by atoms with Crippen molar-refractivity contribution in [2.24, 2.45) is 0 Å². The van der Waals surface area contributed by atoms with Crippen molar-refractivity contribution in [1.82, 2.24) is 25.8 Å². The number of benzene rings is 1. The number of nitrogens with zero attached hydrogens (tertiary/aromatic N) is 2. The number of hydrogen-bond donors (Lipinski definition) is 4. The van der Waals surface area contributed by atoms with Crippen LogP contribution in [0, 0.1) is 6.92 Å². The van der Waals surface area contributed by atoms with Gasteiger partial charge in [-0.1, -0.05) is 18.2 Å². The first-order valence-corrected chi connectivity index (χ1v) is 8.31. The van der Waals surface area contributed by atoms with Gasteiger partial charge in [0.05, 0.1) is 6.10 Å². The van der Waals surface area contributed by atoms with Gasteiger partial charge in [0.2, 0.25) is 0 Å². The number of aliphatic hydroxyl groups excluding tert-OH is 1. The van der Waals surface area contributed by atoms with Crippen molar-refractivity contribution in [1.29, 1.82) is 0 Å². The van der Waals surface area contributed by atoms with Crippen LogP contribution < -0.4 is 10.6 Å². The summed E-state index contributed by atoms with van der Waals surface area (Å²) in [5.41, 5.74) is 1.91. The van der Waals surface area contributed by atoms with E-state index in [1.807, 2.05) is 31.2 Å². The highest BCUT2D eigenvalue weighted by Gasteiger charge is 2.20. The Hall–Kier alpha value is -2.41. The first-order valence-electron chi connectivity index (χ1n) is 8.31. The van der Waals surface area contributed by atoms with Gasteiger partial charge in [0.1, 0.15) is 5.82 Å². The SMILES string of the molecule is Cc1nc(-c2cccc(CNC(=O)NC3CCC(O)CC3)c2)n[nH]1. The summed E-state index contributed by atoms with van der Waals surface area (Å²) in [6, 6.07) is 7.78. The third-order valence-electron chi connectivity index (χ3n) is 4.27. The number of amides is 2. The second-order valence-corrected chi connectivity index (χ2v) is 6.28. The highest BCUT2D eigenvalue weighted by Crippen LogP contribution is 2.18. The third kappa shape index (κ3) is 4.32. The molecule has 0 atom stereocenters. The first kappa shape index (κ1) is 16.4. The number of aryl methyl sites for hydroxylation is 1. The Labute approximate surface area is 140 Å². The highest BCUT2D eigenvalue weighted by molar-refractivity contribution is 5.74. The molecule has 0 bridgehead atoms. The van der Waals surface area contributed by atoms with Gasteiger partial charge in [0.15, 0.2) is 5.82 Å². The Morgan fingerprint density at radius 1 is 1.33 bits per heavy atom. The number of rotatable bonds is 4. The fourth-order valence-corrected chi connectivity index (χ4v) is 2.93. The minimum absolute atomic E-state index is 0.149. The van der Waals surface area contributed by atoms with E-state index in [9.17, 15) is 9.90 Å². The van der Waals surface area contributed by atoms with Gasteiger partial charge in [-0.15, -0.1) is 0 Å². The van der Waals surface area contributed by atoms with Crippen molar-refractivity contribution in [3.05, 3.63) is 35.7 Å². The lowest BCUT2D eigenvalue weighted by Crippen LogP contribution is -2.43. The van der Waals surface area contributed by atoms with Crippen LogP contribution in [-0.4, -0.2) is 38.5 Å². The van der Waals surface area contributed by atoms with E-state index in [0.29, 0.717) is 12.4 Å². The van der Waals surface area contributed by atoms with Gasteiger partial charge in [-0.05, 0) is 44.2 Å². The molecule has 1 fully saturated rings. The summed E-state index contributed by atoms with van der Waals surface area (Å²) < 4.78 is 0. The zero-order valence-electron chi connectivity index (χ0n) is 13.7. The van der Waals surface area contributed by atoms with Crippen LogP contribution in [0.2, 0.25) is 0 Å². The standard InChI is InChI=1S/C17H23N5O2/c1-11-19-16(22-21-11)13-4-2-3-12(9-13)10-18-17(24)20-14-5-7-15(23)8-6-14/h2-4,9,14-15,23H,5-8,10H2,1H3,(H2,18,20,24)(H,19,21,22). The molecule has 7 nitrogen and oxygen atoms in total. The van der Waals surface area contributed by atoms with E-state index in [-0.39, 0.29) is 18.2 Å². The molecule has 0 aliphatic heterocycles. The van der Waals surface area contributed by atoms with E-state index in [1.54, 1.807) is 0 Å². The molecular formula is C17H23N5O2. The lowest BCUT2D eigenvalue weighted by Gasteiger charge is -2.26. The van der Waals surface area contributed by atoms with Gasteiger partial charge >= 0.3 is 6.03 Å². The molecule has 1 aromatic heterocycles. The van der Waals surface area contributed by atoms with E-state index < -0.39 is 0 Å². The molecule has 0 spiro atoms. The summed E-state index contributed by atoms with van der Waals surface area (Å²) in [7, 11) is 0. The Balaban J connectivity index is 1.52.